The first-order valence-electron chi connectivity index (χ1n) is 8.62. The monoisotopic (exact) mass is 283 g/mol. The van der Waals surface area contributed by atoms with E-state index in [-0.39, 0.29) is 10.8 Å². The molecule has 0 aromatic rings. The molecule has 0 aromatic heterocycles. The van der Waals surface area contributed by atoms with Crippen LogP contribution in [0.3, 0.4) is 0 Å². The van der Waals surface area contributed by atoms with Crippen LogP contribution in [0.1, 0.15) is 66.7 Å². The van der Waals surface area contributed by atoms with Gasteiger partial charge in [0.25, 0.3) is 0 Å². The minimum absolute atomic E-state index is 0.285. The first-order valence-corrected chi connectivity index (χ1v) is 8.62. The van der Waals surface area contributed by atoms with Gasteiger partial charge >= 0.3 is 0 Å². The number of nitrogens with zero attached hydrogens (tertiary/aromatic N) is 1. The first kappa shape index (κ1) is 18.0. The maximum atomic E-state index is 5.75. The van der Waals surface area contributed by atoms with E-state index in [4.69, 9.17) is 4.74 Å². The van der Waals surface area contributed by atoms with E-state index in [1.807, 2.05) is 7.11 Å². The summed E-state index contributed by atoms with van der Waals surface area (Å²) in [6.07, 6.45) is 7.02. The van der Waals surface area contributed by atoms with Crippen LogP contribution in [0.15, 0.2) is 0 Å². The molecule has 0 aromatic carbocycles. The van der Waals surface area contributed by atoms with Crippen molar-refractivity contribution >= 4 is 0 Å². The van der Waals surface area contributed by atoms with Crippen molar-refractivity contribution in [3.63, 3.8) is 0 Å². The summed E-state index contributed by atoms with van der Waals surface area (Å²) in [4.78, 5) is 2.60. The van der Waals surface area contributed by atoms with Gasteiger partial charge in [0.2, 0.25) is 0 Å². The van der Waals surface area contributed by atoms with Crippen LogP contribution in [0.25, 0.3) is 0 Å². The predicted octanol–water partition coefficient (Wildman–Crippen LogP) is 4.59. The number of hydrogen-bond acceptors (Lipinski definition) is 2. The Hall–Kier alpha value is -0.0800. The van der Waals surface area contributed by atoms with Gasteiger partial charge < -0.3 is 9.64 Å². The first-order chi connectivity index (χ1) is 9.41. The quantitative estimate of drug-likeness (QED) is 0.677. The fourth-order valence-electron chi connectivity index (χ4n) is 4.12. The van der Waals surface area contributed by atoms with E-state index in [2.05, 4.69) is 39.5 Å². The van der Waals surface area contributed by atoms with Crippen LogP contribution in [0.5, 0.6) is 0 Å². The molecule has 0 bridgehead atoms. The van der Waals surface area contributed by atoms with Crippen molar-refractivity contribution in [1.82, 2.24) is 4.90 Å². The predicted molar refractivity (Wildman–Crippen MR) is 88.1 cm³/mol. The number of rotatable bonds is 7. The van der Waals surface area contributed by atoms with Crippen LogP contribution in [-0.4, -0.2) is 38.3 Å². The molecular weight excluding hydrogens is 246 g/mol. The zero-order valence-corrected chi connectivity index (χ0v) is 14.8. The molecule has 0 spiro atoms. The standard InChI is InChI=1S/C18H37NO/c1-7-19(8-2)14-18(15-20-6,17(3,4)5)16-12-10-9-11-13-16/h16H,7-15H2,1-6H3. The summed E-state index contributed by atoms with van der Waals surface area (Å²) in [5, 5.41) is 0. The van der Waals surface area contributed by atoms with E-state index in [0.717, 1.165) is 25.6 Å². The van der Waals surface area contributed by atoms with Gasteiger partial charge in [0, 0.05) is 19.1 Å². The van der Waals surface area contributed by atoms with Crippen LogP contribution >= 0.6 is 0 Å². The molecule has 20 heavy (non-hydrogen) atoms. The zero-order valence-electron chi connectivity index (χ0n) is 14.8. The molecule has 1 fully saturated rings. The third-order valence-corrected chi connectivity index (χ3v) is 5.68. The molecule has 0 aliphatic heterocycles. The van der Waals surface area contributed by atoms with Gasteiger partial charge in [0.1, 0.15) is 0 Å². The lowest BCUT2D eigenvalue weighted by molar-refractivity contribution is -0.0847. The summed E-state index contributed by atoms with van der Waals surface area (Å²) < 4.78 is 5.75. The Bertz CT molecular complexity index is 261. The Morgan fingerprint density at radius 2 is 1.55 bits per heavy atom. The molecule has 0 amide bonds. The molecule has 0 saturated heterocycles. The topological polar surface area (TPSA) is 12.5 Å². The highest BCUT2D eigenvalue weighted by molar-refractivity contribution is 4.98. The van der Waals surface area contributed by atoms with Gasteiger partial charge in [-0.1, -0.05) is 53.9 Å². The van der Waals surface area contributed by atoms with E-state index in [1.165, 1.54) is 38.6 Å². The summed E-state index contributed by atoms with van der Waals surface area (Å²) in [6, 6.07) is 0. The van der Waals surface area contributed by atoms with Crippen molar-refractivity contribution in [3.8, 4) is 0 Å². The Kier molecular flexibility index (Phi) is 7.00. The Morgan fingerprint density at radius 3 is 1.95 bits per heavy atom. The van der Waals surface area contributed by atoms with E-state index in [1.54, 1.807) is 0 Å². The average molecular weight is 283 g/mol. The third-order valence-electron chi connectivity index (χ3n) is 5.68. The van der Waals surface area contributed by atoms with Gasteiger partial charge in [-0.05, 0) is 37.3 Å². The van der Waals surface area contributed by atoms with E-state index in [9.17, 15) is 0 Å². The Morgan fingerprint density at radius 1 is 1.00 bits per heavy atom. The lowest BCUT2D eigenvalue weighted by Gasteiger charge is -2.53. The number of methoxy groups -OCH3 is 1. The highest BCUT2D eigenvalue weighted by Gasteiger charge is 2.48. The smallest absolute Gasteiger partial charge is 0.0538 e. The van der Waals surface area contributed by atoms with Gasteiger partial charge in [-0.25, -0.2) is 0 Å². The second-order valence-corrected chi connectivity index (χ2v) is 7.64. The summed E-state index contributed by atoms with van der Waals surface area (Å²) in [6.45, 7) is 16.2. The molecule has 0 radical (unpaired) electrons. The van der Waals surface area contributed by atoms with Gasteiger partial charge in [-0.2, -0.15) is 0 Å². The highest BCUT2D eigenvalue weighted by Crippen LogP contribution is 2.50. The van der Waals surface area contributed by atoms with E-state index >= 15 is 0 Å². The van der Waals surface area contributed by atoms with Crippen molar-refractivity contribution in [2.24, 2.45) is 16.7 Å². The lowest BCUT2D eigenvalue weighted by Crippen LogP contribution is -2.53. The van der Waals surface area contributed by atoms with Gasteiger partial charge in [0.05, 0.1) is 6.61 Å². The highest BCUT2D eigenvalue weighted by atomic mass is 16.5. The lowest BCUT2D eigenvalue weighted by atomic mass is 9.56. The summed E-state index contributed by atoms with van der Waals surface area (Å²) >= 11 is 0. The van der Waals surface area contributed by atoms with Crippen LogP contribution in [0.2, 0.25) is 0 Å². The van der Waals surface area contributed by atoms with Gasteiger partial charge in [0.15, 0.2) is 0 Å². The molecule has 2 heteroatoms. The number of ether oxygens (including phenoxy) is 1. The normalized spacial score (nSPS) is 21.1. The second-order valence-electron chi connectivity index (χ2n) is 7.64. The van der Waals surface area contributed by atoms with Crippen LogP contribution < -0.4 is 0 Å². The summed E-state index contributed by atoms with van der Waals surface area (Å²) in [5.74, 6) is 0.816. The van der Waals surface area contributed by atoms with Crippen molar-refractivity contribution in [3.05, 3.63) is 0 Å². The SMILES string of the molecule is CCN(CC)CC(COC)(C1CCCCC1)C(C)(C)C. The molecule has 1 saturated carbocycles. The van der Waals surface area contributed by atoms with Gasteiger partial charge in [-0.3, -0.25) is 0 Å². The van der Waals surface area contributed by atoms with Crippen LogP contribution in [0, 0.1) is 16.7 Å². The molecule has 0 N–H and O–H groups in total. The molecule has 1 atom stereocenters. The molecule has 120 valence electrons. The maximum absolute atomic E-state index is 5.75. The van der Waals surface area contributed by atoms with Crippen molar-refractivity contribution in [2.45, 2.75) is 66.7 Å². The van der Waals surface area contributed by atoms with Crippen molar-refractivity contribution in [2.75, 3.05) is 33.4 Å². The number of hydrogen-bond donors (Lipinski definition) is 0. The fourth-order valence-corrected chi connectivity index (χ4v) is 4.12. The van der Waals surface area contributed by atoms with E-state index < -0.39 is 0 Å². The molecule has 1 unspecified atom stereocenters. The second kappa shape index (κ2) is 7.79. The minimum Gasteiger partial charge on any atom is -0.384 e. The van der Waals surface area contributed by atoms with Crippen LogP contribution in [-0.2, 0) is 4.74 Å². The zero-order chi connectivity index (χ0) is 15.2. The van der Waals surface area contributed by atoms with Crippen LogP contribution in [0.4, 0.5) is 0 Å². The fraction of sp³-hybridized carbons (Fsp3) is 1.00. The van der Waals surface area contributed by atoms with Crippen molar-refractivity contribution < 1.29 is 4.74 Å². The van der Waals surface area contributed by atoms with E-state index in [0.29, 0.717) is 0 Å². The third kappa shape index (κ3) is 3.98. The van der Waals surface area contributed by atoms with Gasteiger partial charge in [-0.15, -0.1) is 0 Å². The largest absolute Gasteiger partial charge is 0.384 e. The molecule has 2 nitrogen and oxygen atoms in total. The maximum Gasteiger partial charge on any atom is 0.0538 e. The Balaban J connectivity index is 3.05. The summed E-state index contributed by atoms with van der Waals surface area (Å²) in [7, 11) is 1.88. The molecule has 1 aliphatic rings. The minimum atomic E-state index is 0.285. The molecule has 0 heterocycles. The molecule has 1 rings (SSSR count). The summed E-state index contributed by atoms with van der Waals surface area (Å²) in [5.41, 5.74) is 0.571. The molecular formula is C18H37NO. The Labute approximate surface area is 127 Å². The average Bonchev–Trinajstić information content (AvgIpc) is 2.43. The molecule has 1 aliphatic carbocycles. The van der Waals surface area contributed by atoms with Crippen molar-refractivity contribution in [1.29, 1.82) is 0 Å².